The summed E-state index contributed by atoms with van der Waals surface area (Å²) in [6.07, 6.45) is 0. The minimum absolute atomic E-state index is 0.0215. The van der Waals surface area contributed by atoms with E-state index in [1.165, 1.54) is 26.0 Å². The molecular formula is C23H25Cl2N3O5S. The van der Waals surface area contributed by atoms with E-state index in [-0.39, 0.29) is 10.8 Å². The molecule has 0 bridgehead atoms. The molecule has 0 saturated carbocycles. The zero-order valence-electron chi connectivity index (χ0n) is 19.6. The second-order valence-corrected chi connectivity index (χ2v) is 11.7. The van der Waals surface area contributed by atoms with Gasteiger partial charge in [0.2, 0.25) is 0 Å². The predicted octanol–water partition coefficient (Wildman–Crippen LogP) is 4.40. The number of esters is 1. The first-order valence-electron chi connectivity index (χ1n) is 10.3. The summed E-state index contributed by atoms with van der Waals surface area (Å²) in [4.78, 5) is 29.3. The Balaban J connectivity index is 1.85. The number of fused-ring (bicyclic) bond motifs is 1. The largest absolute Gasteiger partial charge is 0.468 e. The van der Waals surface area contributed by atoms with Gasteiger partial charge in [0.1, 0.15) is 11.3 Å². The minimum atomic E-state index is -3.99. The van der Waals surface area contributed by atoms with Crippen molar-refractivity contribution in [1.29, 1.82) is 0 Å². The molecule has 34 heavy (non-hydrogen) atoms. The van der Waals surface area contributed by atoms with Crippen molar-refractivity contribution in [1.82, 2.24) is 14.9 Å². The van der Waals surface area contributed by atoms with Crippen molar-refractivity contribution in [3.8, 4) is 0 Å². The first-order valence-corrected chi connectivity index (χ1v) is 12.5. The van der Waals surface area contributed by atoms with Crippen LogP contribution in [0.2, 0.25) is 10.0 Å². The number of benzene rings is 1. The third-order valence-corrected chi connectivity index (χ3v) is 9.20. The summed E-state index contributed by atoms with van der Waals surface area (Å²) in [5.74, 6) is -1.21. The number of aromatic nitrogens is 2. The number of rotatable bonds is 6. The Kier molecular flexibility index (Phi) is 7.04. The van der Waals surface area contributed by atoms with Crippen LogP contribution in [0.3, 0.4) is 0 Å². The maximum atomic E-state index is 13.0. The van der Waals surface area contributed by atoms with Crippen molar-refractivity contribution < 1.29 is 22.7 Å². The monoisotopic (exact) mass is 525 g/mol. The highest BCUT2D eigenvalue weighted by molar-refractivity contribution is 7.93. The average Bonchev–Trinajstić information content (AvgIpc) is 3.13. The molecule has 0 aliphatic rings. The Morgan fingerprint density at radius 1 is 1.15 bits per heavy atom. The number of hydrogen-bond donors (Lipinski definition) is 1. The maximum absolute atomic E-state index is 13.0. The number of ether oxygens (including phenoxy) is 1. The van der Waals surface area contributed by atoms with Crippen molar-refractivity contribution in [2.24, 2.45) is 7.05 Å². The molecule has 1 atom stereocenters. The van der Waals surface area contributed by atoms with Crippen LogP contribution in [-0.4, -0.2) is 41.7 Å². The molecule has 0 spiro atoms. The van der Waals surface area contributed by atoms with E-state index in [9.17, 15) is 18.0 Å². The first-order chi connectivity index (χ1) is 15.7. The van der Waals surface area contributed by atoms with Crippen molar-refractivity contribution in [2.45, 2.75) is 43.4 Å². The number of hydrogen-bond acceptors (Lipinski definition) is 6. The van der Waals surface area contributed by atoms with Crippen molar-refractivity contribution in [3.05, 3.63) is 57.3 Å². The van der Waals surface area contributed by atoms with E-state index in [0.29, 0.717) is 38.0 Å². The first kappa shape index (κ1) is 26.0. The molecule has 1 aromatic carbocycles. The summed E-state index contributed by atoms with van der Waals surface area (Å²) < 4.78 is 30.3. The molecule has 2 heterocycles. The van der Waals surface area contributed by atoms with Gasteiger partial charge in [-0.05, 0) is 51.5 Å². The lowest BCUT2D eigenvalue weighted by Crippen LogP contribution is -2.41. The second kappa shape index (κ2) is 9.20. The van der Waals surface area contributed by atoms with Crippen LogP contribution >= 0.6 is 23.2 Å². The van der Waals surface area contributed by atoms with Crippen molar-refractivity contribution in [3.63, 3.8) is 0 Å². The molecule has 1 amide bonds. The fourth-order valence-electron chi connectivity index (χ4n) is 3.53. The lowest BCUT2D eigenvalue weighted by molar-refractivity contribution is -0.142. The van der Waals surface area contributed by atoms with Gasteiger partial charge in [0.05, 0.1) is 33.8 Å². The molecule has 2 aromatic heterocycles. The van der Waals surface area contributed by atoms with Crippen LogP contribution in [0.15, 0.2) is 35.2 Å². The molecule has 0 saturated heterocycles. The molecule has 3 aromatic rings. The number of nitrogens with one attached hydrogen (secondary N) is 1. The number of amides is 1. The minimum Gasteiger partial charge on any atom is -0.468 e. The molecule has 182 valence electrons. The summed E-state index contributed by atoms with van der Waals surface area (Å²) in [6, 6.07) is 7.18. The number of pyridine rings is 1. The zero-order chi connectivity index (χ0) is 25.6. The van der Waals surface area contributed by atoms with E-state index >= 15 is 0 Å². The summed E-state index contributed by atoms with van der Waals surface area (Å²) >= 11 is 12.5. The van der Waals surface area contributed by atoms with Gasteiger partial charge in [-0.25, -0.2) is 13.4 Å². The third kappa shape index (κ3) is 4.28. The van der Waals surface area contributed by atoms with E-state index in [4.69, 9.17) is 23.2 Å². The highest BCUT2D eigenvalue weighted by atomic mass is 35.5. The molecule has 3 rings (SSSR count). The molecule has 0 fully saturated rings. The number of methoxy groups -OCH3 is 1. The Hall–Kier alpha value is -2.62. The summed E-state index contributed by atoms with van der Waals surface area (Å²) in [6.45, 7) is 6.10. The fraction of sp³-hybridized carbons (Fsp3) is 0.348. The number of halogens is 2. The molecular weight excluding hydrogens is 501 g/mol. The van der Waals surface area contributed by atoms with E-state index in [1.54, 1.807) is 43.7 Å². The van der Waals surface area contributed by atoms with Crippen molar-refractivity contribution >= 4 is 55.9 Å². The molecule has 11 heteroatoms. The van der Waals surface area contributed by atoms with Crippen LogP contribution in [0, 0.1) is 6.92 Å². The molecule has 0 aliphatic carbocycles. The molecule has 1 unspecified atom stereocenters. The normalized spacial score (nSPS) is 13.1. The van der Waals surface area contributed by atoms with E-state index in [2.05, 4.69) is 15.0 Å². The fourth-order valence-corrected chi connectivity index (χ4v) is 5.34. The molecule has 0 radical (unpaired) electrons. The van der Waals surface area contributed by atoms with Gasteiger partial charge in [-0.15, -0.1) is 0 Å². The van der Waals surface area contributed by atoms with Gasteiger partial charge in [-0.1, -0.05) is 35.3 Å². The Morgan fingerprint density at radius 3 is 2.29 bits per heavy atom. The topological polar surface area (TPSA) is 107 Å². The van der Waals surface area contributed by atoms with E-state index < -0.39 is 26.6 Å². The maximum Gasteiger partial charge on any atom is 0.327 e. The van der Waals surface area contributed by atoms with Gasteiger partial charge >= 0.3 is 5.97 Å². The number of aryl methyl sites for hydroxylation is 2. The second-order valence-electron chi connectivity index (χ2n) is 8.42. The summed E-state index contributed by atoms with van der Waals surface area (Å²) in [5, 5.41) is 4.13. The van der Waals surface area contributed by atoms with E-state index in [1.807, 2.05) is 0 Å². The summed E-state index contributed by atoms with van der Waals surface area (Å²) in [5.41, 5.74) is 2.12. The zero-order valence-corrected chi connectivity index (χ0v) is 21.9. The number of nitrogens with zero attached hydrogens (tertiary/aromatic N) is 2. The van der Waals surface area contributed by atoms with Gasteiger partial charge in [-0.2, -0.15) is 0 Å². The van der Waals surface area contributed by atoms with E-state index in [0.717, 1.165) is 7.11 Å². The standard InChI is InChI=1S/C23H25Cl2N3O5S/c1-12(14-7-9-15(10-8-14)34(31,32)23(3,4)22(30)33-6)27-21(29)17-11-16-19(25)18(24)13(2)26-20(16)28(17)5/h7-12H,1-6H3,(H,27,29). The Bertz CT molecular complexity index is 1400. The van der Waals surface area contributed by atoms with Crippen LogP contribution in [0.1, 0.15) is 48.6 Å². The quantitative estimate of drug-likeness (QED) is 0.477. The Labute approximate surface area is 208 Å². The molecule has 1 N–H and O–H groups in total. The van der Waals surface area contributed by atoms with Gasteiger partial charge in [0, 0.05) is 12.4 Å². The highest BCUT2D eigenvalue weighted by Crippen LogP contribution is 2.33. The van der Waals surface area contributed by atoms with Crippen LogP contribution in [0.4, 0.5) is 0 Å². The SMILES string of the molecule is COC(=O)C(C)(C)S(=O)(=O)c1ccc(C(C)NC(=O)c2cc3c(Cl)c(Cl)c(C)nc3n2C)cc1. The van der Waals surface area contributed by atoms with Crippen LogP contribution in [0.25, 0.3) is 11.0 Å². The number of carbonyl (C=O) groups is 2. The Morgan fingerprint density at radius 2 is 1.74 bits per heavy atom. The van der Waals surface area contributed by atoms with Gasteiger partial charge < -0.3 is 14.6 Å². The number of carbonyl (C=O) groups excluding carboxylic acids is 2. The van der Waals surface area contributed by atoms with Gasteiger partial charge in [-0.3, -0.25) is 9.59 Å². The lowest BCUT2D eigenvalue weighted by Gasteiger charge is -2.22. The molecule has 0 aliphatic heterocycles. The van der Waals surface area contributed by atoms with Crippen LogP contribution in [0.5, 0.6) is 0 Å². The third-order valence-electron chi connectivity index (χ3n) is 5.84. The van der Waals surface area contributed by atoms with Gasteiger partial charge in [0.25, 0.3) is 5.91 Å². The summed E-state index contributed by atoms with van der Waals surface area (Å²) in [7, 11) is -1.13. The van der Waals surface area contributed by atoms with Gasteiger partial charge in [0.15, 0.2) is 14.6 Å². The van der Waals surface area contributed by atoms with Crippen LogP contribution in [-0.2, 0) is 26.4 Å². The smallest absolute Gasteiger partial charge is 0.327 e. The highest BCUT2D eigenvalue weighted by Gasteiger charge is 2.44. The lowest BCUT2D eigenvalue weighted by atomic mass is 10.1. The molecule has 8 nitrogen and oxygen atoms in total. The van der Waals surface area contributed by atoms with Crippen molar-refractivity contribution in [2.75, 3.05) is 7.11 Å². The predicted molar refractivity (Wildman–Crippen MR) is 131 cm³/mol. The average molecular weight is 526 g/mol. The van der Waals surface area contributed by atoms with Crippen LogP contribution < -0.4 is 5.32 Å². The number of sulfone groups is 1.